The quantitative estimate of drug-likeness (QED) is 0.483. The van der Waals surface area contributed by atoms with Crippen LogP contribution in [0.15, 0.2) is 83.8 Å². The number of carbonyl (C=O) groups excluding carboxylic acids is 2. The molecule has 0 bridgehead atoms. The third kappa shape index (κ3) is 6.16. The largest absolute Gasteiger partial charge is 0.497 e. The molecule has 3 aromatic carbocycles. The van der Waals surface area contributed by atoms with E-state index in [0.29, 0.717) is 22.6 Å². The van der Waals surface area contributed by atoms with Crippen molar-refractivity contribution in [1.82, 2.24) is 5.32 Å². The molecule has 32 heavy (non-hydrogen) atoms. The van der Waals surface area contributed by atoms with Crippen LogP contribution in [0.2, 0.25) is 0 Å². The van der Waals surface area contributed by atoms with Crippen molar-refractivity contribution in [3.8, 4) is 5.75 Å². The molecule has 1 atom stereocenters. The topological polar surface area (TPSA) is 128 Å². The predicted octanol–water partition coefficient (Wildman–Crippen LogP) is 2.84. The van der Waals surface area contributed by atoms with Gasteiger partial charge in [-0.3, -0.25) is 9.59 Å². The van der Waals surface area contributed by atoms with Crippen molar-refractivity contribution in [2.45, 2.75) is 17.4 Å². The summed E-state index contributed by atoms with van der Waals surface area (Å²) in [6.45, 7) is 0. The zero-order chi connectivity index (χ0) is 23.1. The normalized spacial score (nSPS) is 11.9. The lowest BCUT2D eigenvalue weighted by molar-refractivity contribution is -0.116. The lowest BCUT2D eigenvalue weighted by Gasteiger charge is -2.20. The molecule has 166 valence electrons. The Bertz CT molecular complexity index is 1200. The molecular weight excluding hydrogens is 430 g/mol. The molecule has 2 amide bonds. The lowest BCUT2D eigenvalue weighted by atomic mass is 10.0. The number of ether oxygens (including phenoxy) is 1. The van der Waals surface area contributed by atoms with Crippen molar-refractivity contribution in [2.24, 2.45) is 5.14 Å². The Balaban J connectivity index is 1.78. The van der Waals surface area contributed by atoms with Crippen LogP contribution < -0.4 is 20.5 Å². The van der Waals surface area contributed by atoms with Gasteiger partial charge in [0.1, 0.15) is 5.75 Å². The maximum atomic E-state index is 12.7. The van der Waals surface area contributed by atoms with E-state index in [1.54, 1.807) is 48.5 Å². The summed E-state index contributed by atoms with van der Waals surface area (Å²) < 4.78 is 28.0. The minimum atomic E-state index is -3.82. The predicted molar refractivity (Wildman–Crippen MR) is 121 cm³/mol. The molecule has 0 radical (unpaired) electrons. The van der Waals surface area contributed by atoms with E-state index in [1.807, 2.05) is 6.07 Å². The molecule has 9 heteroatoms. The third-order valence-corrected chi connectivity index (χ3v) is 5.62. The smallest absolute Gasteiger partial charge is 0.251 e. The molecule has 8 nitrogen and oxygen atoms in total. The van der Waals surface area contributed by atoms with Crippen LogP contribution in [0.25, 0.3) is 0 Å². The molecule has 3 aromatic rings. The summed E-state index contributed by atoms with van der Waals surface area (Å²) >= 11 is 0. The summed E-state index contributed by atoms with van der Waals surface area (Å²) in [6.07, 6.45) is -0.0529. The molecule has 4 N–H and O–H groups in total. The number of rotatable bonds is 8. The van der Waals surface area contributed by atoms with Crippen LogP contribution in [0.4, 0.5) is 5.69 Å². The molecule has 0 heterocycles. The molecule has 0 spiro atoms. The highest BCUT2D eigenvalue weighted by Gasteiger charge is 2.20. The highest BCUT2D eigenvalue weighted by atomic mass is 32.2. The SMILES string of the molecule is COc1cccc([C@H](CC(=O)Nc2ccc(S(N)(=O)=O)cc2)NC(=O)c2ccccc2)c1. The van der Waals surface area contributed by atoms with Gasteiger partial charge in [-0.2, -0.15) is 0 Å². The Morgan fingerprint density at radius 1 is 0.969 bits per heavy atom. The Morgan fingerprint density at radius 3 is 2.28 bits per heavy atom. The third-order valence-electron chi connectivity index (χ3n) is 4.69. The summed E-state index contributed by atoms with van der Waals surface area (Å²) in [5, 5.41) is 10.7. The van der Waals surface area contributed by atoms with Crippen LogP contribution in [-0.4, -0.2) is 27.3 Å². The fourth-order valence-corrected chi connectivity index (χ4v) is 3.58. The van der Waals surface area contributed by atoms with Gasteiger partial charge in [0, 0.05) is 11.3 Å². The van der Waals surface area contributed by atoms with Gasteiger partial charge in [0.05, 0.1) is 24.5 Å². The van der Waals surface area contributed by atoms with Gasteiger partial charge in [-0.1, -0.05) is 30.3 Å². The van der Waals surface area contributed by atoms with E-state index in [1.165, 1.54) is 31.4 Å². The van der Waals surface area contributed by atoms with Crippen molar-refractivity contribution < 1.29 is 22.7 Å². The standard InChI is InChI=1S/C23H23N3O5S/c1-31-19-9-5-8-17(14-19)21(26-23(28)16-6-3-2-4-7-16)15-22(27)25-18-10-12-20(13-11-18)32(24,29)30/h2-14,21H,15H2,1H3,(H,25,27)(H,26,28)(H2,24,29,30)/t21-/m0/s1. The van der Waals surface area contributed by atoms with Crippen molar-refractivity contribution >= 4 is 27.5 Å². The first kappa shape index (κ1) is 23.0. The summed E-state index contributed by atoms with van der Waals surface area (Å²) in [5.74, 6) is -0.0845. The van der Waals surface area contributed by atoms with Crippen molar-refractivity contribution in [3.63, 3.8) is 0 Å². The van der Waals surface area contributed by atoms with Gasteiger partial charge in [-0.15, -0.1) is 0 Å². The number of methoxy groups -OCH3 is 1. The number of amides is 2. The number of hydrogen-bond donors (Lipinski definition) is 3. The van der Waals surface area contributed by atoms with Gasteiger partial charge in [-0.25, -0.2) is 13.6 Å². The molecule has 0 aliphatic heterocycles. The number of nitrogens with one attached hydrogen (secondary N) is 2. The highest BCUT2D eigenvalue weighted by molar-refractivity contribution is 7.89. The van der Waals surface area contributed by atoms with Crippen LogP contribution in [-0.2, 0) is 14.8 Å². The zero-order valence-electron chi connectivity index (χ0n) is 17.3. The second-order valence-corrected chi connectivity index (χ2v) is 8.55. The highest BCUT2D eigenvalue weighted by Crippen LogP contribution is 2.23. The molecule has 3 rings (SSSR count). The number of nitrogens with two attached hydrogens (primary N) is 1. The van der Waals surface area contributed by atoms with Gasteiger partial charge in [0.25, 0.3) is 5.91 Å². The Labute approximate surface area is 186 Å². The summed E-state index contributed by atoms with van der Waals surface area (Å²) in [6, 6.07) is 20.7. The second-order valence-electron chi connectivity index (χ2n) is 6.99. The summed E-state index contributed by atoms with van der Waals surface area (Å²) in [7, 11) is -2.29. The van der Waals surface area contributed by atoms with Crippen LogP contribution in [0.1, 0.15) is 28.4 Å². The molecule has 0 saturated heterocycles. The monoisotopic (exact) mass is 453 g/mol. The van der Waals surface area contributed by atoms with Gasteiger partial charge in [-0.05, 0) is 54.1 Å². The number of hydrogen-bond acceptors (Lipinski definition) is 5. The zero-order valence-corrected chi connectivity index (χ0v) is 18.1. The fourth-order valence-electron chi connectivity index (χ4n) is 3.07. The van der Waals surface area contributed by atoms with Crippen LogP contribution in [0.3, 0.4) is 0 Å². The van der Waals surface area contributed by atoms with Gasteiger partial charge in [0.2, 0.25) is 15.9 Å². The Morgan fingerprint density at radius 2 is 1.66 bits per heavy atom. The van der Waals surface area contributed by atoms with Gasteiger partial charge in [0.15, 0.2) is 0 Å². The first-order chi connectivity index (χ1) is 15.3. The van der Waals surface area contributed by atoms with Crippen LogP contribution >= 0.6 is 0 Å². The average molecular weight is 454 g/mol. The second kappa shape index (κ2) is 10.1. The van der Waals surface area contributed by atoms with Gasteiger partial charge < -0.3 is 15.4 Å². The maximum absolute atomic E-state index is 12.7. The first-order valence-electron chi connectivity index (χ1n) is 9.69. The van der Waals surface area contributed by atoms with E-state index in [2.05, 4.69) is 10.6 Å². The van der Waals surface area contributed by atoms with Crippen molar-refractivity contribution in [1.29, 1.82) is 0 Å². The molecule has 0 aromatic heterocycles. The molecule has 0 fully saturated rings. The van der Waals surface area contributed by atoms with E-state index < -0.39 is 16.1 Å². The molecular formula is C23H23N3O5S. The number of primary sulfonamides is 1. The average Bonchev–Trinajstić information content (AvgIpc) is 2.79. The van der Waals surface area contributed by atoms with E-state index in [0.717, 1.165) is 0 Å². The summed E-state index contributed by atoms with van der Waals surface area (Å²) in [5.41, 5.74) is 1.58. The maximum Gasteiger partial charge on any atom is 0.251 e. The number of sulfonamides is 1. The molecule has 0 aliphatic rings. The number of carbonyl (C=O) groups is 2. The molecule has 0 unspecified atom stereocenters. The Kier molecular flexibility index (Phi) is 7.24. The minimum Gasteiger partial charge on any atom is -0.497 e. The first-order valence-corrected chi connectivity index (χ1v) is 11.2. The van der Waals surface area contributed by atoms with E-state index in [9.17, 15) is 18.0 Å². The number of anilines is 1. The fraction of sp³-hybridized carbons (Fsp3) is 0.130. The molecule has 0 saturated carbocycles. The number of benzene rings is 3. The van der Waals surface area contributed by atoms with Gasteiger partial charge >= 0.3 is 0 Å². The summed E-state index contributed by atoms with van der Waals surface area (Å²) in [4.78, 5) is 25.4. The van der Waals surface area contributed by atoms with Crippen LogP contribution in [0.5, 0.6) is 5.75 Å². The Hall–Kier alpha value is -3.69. The minimum absolute atomic E-state index is 0.0529. The molecule has 0 aliphatic carbocycles. The lowest BCUT2D eigenvalue weighted by Crippen LogP contribution is -2.31. The van der Waals surface area contributed by atoms with E-state index >= 15 is 0 Å². The van der Waals surface area contributed by atoms with E-state index in [-0.39, 0.29) is 23.1 Å². The van der Waals surface area contributed by atoms with Crippen LogP contribution in [0, 0.1) is 0 Å². The van der Waals surface area contributed by atoms with Crippen molar-refractivity contribution in [2.75, 3.05) is 12.4 Å². The van der Waals surface area contributed by atoms with Crippen molar-refractivity contribution in [3.05, 3.63) is 90.0 Å². The van der Waals surface area contributed by atoms with E-state index in [4.69, 9.17) is 9.88 Å².